The minimum absolute atomic E-state index is 0.0363. The molecule has 130 valence electrons. The second-order valence-electron chi connectivity index (χ2n) is 6.00. The molecule has 0 aliphatic heterocycles. The lowest BCUT2D eigenvalue weighted by molar-refractivity contribution is 0.0307. The van der Waals surface area contributed by atoms with Gasteiger partial charge in [0.15, 0.2) is 0 Å². The smallest absolute Gasteiger partial charge is 0.342 e. The molecule has 23 heavy (non-hydrogen) atoms. The summed E-state index contributed by atoms with van der Waals surface area (Å²) in [6.07, 6.45) is 5.72. The maximum Gasteiger partial charge on any atom is 0.342 e. The summed E-state index contributed by atoms with van der Waals surface area (Å²) >= 11 is 0. The first kappa shape index (κ1) is 19.3. The van der Waals surface area contributed by atoms with Crippen LogP contribution in [0.4, 0.5) is 0 Å². The Hall–Kier alpha value is -1.75. The number of aliphatic hydroxyl groups excluding tert-OH is 1. The quantitative estimate of drug-likeness (QED) is 0.450. The lowest BCUT2D eigenvalue weighted by atomic mass is 10.0. The molecule has 0 bridgehead atoms. The third-order valence-corrected chi connectivity index (χ3v) is 3.80. The second kappa shape index (κ2) is 10.1. The van der Waals surface area contributed by atoms with E-state index >= 15 is 0 Å². The number of ether oxygens (including phenoxy) is 1. The maximum absolute atomic E-state index is 11.9. The zero-order valence-corrected chi connectivity index (χ0v) is 14.0. The Morgan fingerprint density at radius 1 is 1.13 bits per heavy atom. The Bertz CT molecular complexity index is 486. The maximum atomic E-state index is 11.9. The number of hydrogen-bond acceptors (Lipinski definition) is 5. The first-order valence-corrected chi connectivity index (χ1v) is 8.35. The van der Waals surface area contributed by atoms with E-state index in [1.807, 2.05) is 0 Å². The highest BCUT2D eigenvalue weighted by Gasteiger charge is 2.16. The van der Waals surface area contributed by atoms with Gasteiger partial charge in [0.25, 0.3) is 0 Å². The number of carbonyl (C=O) groups excluding carboxylic acids is 1. The van der Waals surface area contributed by atoms with E-state index in [4.69, 9.17) is 4.74 Å². The van der Waals surface area contributed by atoms with E-state index in [1.165, 1.54) is 12.1 Å². The van der Waals surface area contributed by atoms with E-state index in [1.54, 1.807) is 6.92 Å². The van der Waals surface area contributed by atoms with Gasteiger partial charge in [0.1, 0.15) is 17.1 Å². The lowest BCUT2D eigenvalue weighted by Gasteiger charge is -2.15. The fourth-order valence-corrected chi connectivity index (χ4v) is 2.41. The van der Waals surface area contributed by atoms with E-state index in [0.717, 1.165) is 38.2 Å². The van der Waals surface area contributed by atoms with Crippen molar-refractivity contribution in [3.05, 3.63) is 23.8 Å². The number of aromatic hydroxyl groups is 2. The average molecular weight is 324 g/mol. The fourth-order valence-electron chi connectivity index (χ4n) is 2.41. The van der Waals surface area contributed by atoms with Gasteiger partial charge >= 0.3 is 5.97 Å². The number of phenolic OH excluding ortho intramolecular Hbond substituents is 2. The van der Waals surface area contributed by atoms with Gasteiger partial charge in [-0.15, -0.1) is 0 Å². The second-order valence-corrected chi connectivity index (χ2v) is 6.00. The summed E-state index contributed by atoms with van der Waals surface area (Å²) in [6, 6.07) is 3.76. The summed E-state index contributed by atoms with van der Waals surface area (Å²) < 4.78 is 5.28. The highest BCUT2D eigenvalue weighted by molar-refractivity contribution is 5.92. The van der Waals surface area contributed by atoms with Gasteiger partial charge in [0.05, 0.1) is 12.2 Å². The van der Waals surface area contributed by atoms with Crippen molar-refractivity contribution < 1.29 is 24.9 Å². The van der Waals surface area contributed by atoms with Crippen LogP contribution in [-0.4, -0.2) is 33.5 Å². The fraction of sp³-hybridized carbons (Fsp3) is 0.611. The van der Waals surface area contributed by atoms with Gasteiger partial charge < -0.3 is 20.1 Å². The SMILES string of the molecule is CCCCCC(O)CCC[C@H](C)OC(=O)c1ccc(O)cc1O. The van der Waals surface area contributed by atoms with Crippen molar-refractivity contribution >= 4 is 5.97 Å². The van der Waals surface area contributed by atoms with Gasteiger partial charge in [-0.05, 0) is 44.7 Å². The van der Waals surface area contributed by atoms with Crippen LogP contribution in [0.15, 0.2) is 18.2 Å². The van der Waals surface area contributed by atoms with Crippen LogP contribution < -0.4 is 0 Å². The van der Waals surface area contributed by atoms with Crippen molar-refractivity contribution in [3.8, 4) is 11.5 Å². The molecule has 5 heteroatoms. The molecule has 0 fully saturated rings. The molecule has 0 amide bonds. The van der Waals surface area contributed by atoms with Gasteiger partial charge in [-0.25, -0.2) is 4.79 Å². The highest BCUT2D eigenvalue weighted by atomic mass is 16.5. The van der Waals surface area contributed by atoms with Crippen molar-refractivity contribution in [2.45, 2.75) is 71.0 Å². The van der Waals surface area contributed by atoms with Gasteiger partial charge in [-0.3, -0.25) is 0 Å². The largest absolute Gasteiger partial charge is 0.508 e. The molecule has 2 atom stereocenters. The van der Waals surface area contributed by atoms with Crippen molar-refractivity contribution in [1.82, 2.24) is 0 Å². The molecule has 1 rings (SSSR count). The van der Waals surface area contributed by atoms with Gasteiger partial charge in [0, 0.05) is 6.07 Å². The monoisotopic (exact) mass is 324 g/mol. The zero-order valence-electron chi connectivity index (χ0n) is 14.0. The summed E-state index contributed by atoms with van der Waals surface area (Å²) in [5.41, 5.74) is 0.0363. The molecule has 5 nitrogen and oxygen atoms in total. The van der Waals surface area contributed by atoms with Crippen LogP contribution >= 0.6 is 0 Å². The molecule has 0 saturated heterocycles. The van der Waals surface area contributed by atoms with Crippen molar-refractivity contribution in [2.75, 3.05) is 0 Å². The minimum atomic E-state index is -0.613. The van der Waals surface area contributed by atoms with Crippen LogP contribution in [0.3, 0.4) is 0 Å². The molecule has 0 radical (unpaired) electrons. The Kier molecular flexibility index (Phi) is 8.48. The average Bonchev–Trinajstić information content (AvgIpc) is 2.47. The zero-order chi connectivity index (χ0) is 17.2. The Morgan fingerprint density at radius 2 is 1.83 bits per heavy atom. The molecular formula is C18H28O5. The molecule has 0 aliphatic carbocycles. The van der Waals surface area contributed by atoms with Crippen LogP contribution in [0.25, 0.3) is 0 Å². The molecule has 1 aromatic rings. The first-order chi connectivity index (χ1) is 10.9. The number of carbonyl (C=O) groups is 1. The lowest BCUT2D eigenvalue weighted by Crippen LogP contribution is -2.16. The van der Waals surface area contributed by atoms with Crippen molar-refractivity contribution in [3.63, 3.8) is 0 Å². The summed E-state index contributed by atoms with van der Waals surface area (Å²) in [5.74, 6) is -1.02. The van der Waals surface area contributed by atoms with Crippen molar-refractivity contribution in [1.29, 1.82) is 0 Å². The number of rotatable bonds is 10. The van der Waals surface area contributed by atoms with Crippen LogP contribution in [0.1, 0.15) is 69.2 Å². The van der Waals surface area contributed by atoms with Crippen LogP contribution in [-0.2, 0) is 4.74 Å². The predicted octanol–water partition coefficient (Wildman–Crippen LogP) is 3.75. The Balaban J connectivity index is 2.30. The minimum Gasteiger partial charge on any atom is -0.508 e. The number of esters is 1. The number of hydrogen-bond donors (Lipinski definition) is 3. The molecule has 1 unspecified atom stereocenters. The molecule has 0 aromatic heterocycles. The van der Waals surface area contributed by atoms with Gasteiger partial charge in [-0.1, -0.05) is 26.2 Å². The number of benzene rings is 1. The first-order valence-electron chi connectivity index (χ1n) is 8.35. The molecule has 0 spiro atoms. The molecule has 0 heterocycles. The highest BCUT2D eigenvalue weighted by Crippen LogP contribution is 2.24. The predicted molar refractivity (Wildman–Crippen MR) is 88.6 cm³/mol. The Morgan fingerprint density at radius 3 is 2.48 bits per heavy atom. The summed E-state index contributed by atoms with van der Waals surface area (Å²) in [4.78, 5) is 11.9. The van der Waals surface area contributed by atoms with Crippen LogP contribution in [0.5, 0.6) is 11.5 Å². The third kappa shape index (κ3) is 7.37. The van der Waals surface area contributed by atoms with E-state index in [0.29, 0.717) is 12.8 Å². The van der Waals surface area contributed by atoms with E-state index < -0.39 is 5.97 Å². The summed E-state index contributed by atoms with van der Waals surface area (Å²) in [5, 5.41) is 28.7. The molecule has 3 N–H and O–H groups in total. The number of phenols is 2. The normalized spacial score (nSPS) is 13.5. The topological polar surface area (TPSA) is 87.0 Å². The van der Waals surface area contributed by atoms with Gasteiger partial charge in [0.2, 0.25) is 0 Å². The number of aliphatic hydroxyl groups is 1. The molecule has 1 aromatic carbocycles. The van der Waals surface area contributed by atoms with E-state index in [2.05, 4.69) is 6.92 Å². The summed E-state index contributed by atoms with van der Waals surface area (Å²) in [6.45, 7) is 3.92. The third-order valence-electron chi connectivity index (χ3n) is 3.80. The Labute approximate surface area is 137 Å². The number of unbranched alkanes of at least 4 members (excludes halogenated alkanes) is 2. The van der Waals surface area contributed by atoms with Crippen LogP contribution in [0.2, 0.25) is 0 Å². The molecule has 0 saturated carbocycles. The standard InChI is InChI=1S/C18H28O5/c1-3-4-5-8-14(19)9-6-7-13(2)23-18(22)16-11-10-15(20)12-17(16)21/h10-14,19-21H,3-9H2,1-2H3/t13-,14?/m0/s1. The van der Waals surface area contributed by atoms with Crippen molar-refractivity contribution in [2.24, 2.45) is 0 Å². The van der Waals surface area contributed by atoms with E-state index in [-0.39, 0.29) is 29.3 Å². The molecule has 0 aliphatic rings. The van der Waals surface area contributed by atoms with Crippen LogP contribution in [0, 0.1) is 0 Å². The van der Waals surface area contributed by atoms with Gasteiger partial charge in [-0.2, -0.15) is 0 Å². The van der Waals surface area contributed by atoms with E-state index in [9.17, 15) is 20.1 Å². The summed E-state index contributed by atoms with van der Waals surface area (Å²) in [7, 11) is 0. The molecular weight excluding hydrogens is 296 g/mol.